The van der Waals surface area contributed by atoms with Crippen molar-refractivity contribution in [3.05, 3.63) is 18.2 Å². The van der Waals surface area contributed by atoms with E-state index in [9.17, 15) is 0 Å². The highest BCUT2D eigenvalue weighted by atomic mass is 32.2. The number of benzene rings is 1. The topological polar surface area (TPSA) is 44.5 Å². The number of thioether (sulfide) groups is 1. The Morgan fingerprint density at radius 2 is 2.12 bits per heavy atom. The Bertz CT molecular complexity index is 318. The van der Waals surface area contributed by atoms with E-state index in [1.54, 1.807) is 18.9 Å². The van der Waals surface area contributed by atoms with Gasteiger partial charge in [0.15, 0.2) is 0 Å². The van der Waals surface area contributed by atoms with Crippen molar-refractivity contribution in [1.82, 2.24) is 0 Å². The van der Waals surface area contributed by atoms with Crippen molar-refractivity contribution in [1.29, 1.82) is 0 Å². The fraction of sp³-hybridized carbons (Fsp3) is 0.500. The van der Waals surface area contributed by atoms with Gasteiger partial charge in [-0.3, -0.25) is 0 Å². The Kier molecular flexibility index (Phi) is 6.11. The third-order valence-electron chi connectivity index (χ3n) is 2.05. The lowest BCUT2D eigenvalue weighted by Gasteiger charge is -2.08. The van der Waals surface area contributed by atoms with Gasteiger partial charge in [0.25, 0.3) is 0 Å². The molecule has 2 N–H and O–H groups in total. The maximum Gasteiger partial charge on any atom is 0.120 e. The molecule has 1 rings (SSSR count). The Labute approximate surface area is 101 Å². The van der Waals surface area contributed by atoms with Crippen LogP contribution in [0.2, 0.25) is 0 Å². The van der Waals surface area contributed by atoms with Gasteiger partial charge in [0.2, 0.25) is 0 Å². The molecule has 0 aliphatic heterocycles. The first kappa shape index (κ1) is 13.2. The molecule has 16 heavy (non-hydrogen) atoms. The zero-order valence-electron chi connectivity index (χ0n) is 9.86. The average molecular weight is 241 g/mol. The highest BCUT2D eigenvalue weighted by Crippen LogP contribution is 2.28. The van der Waals surface area contributed by atoms with Crippen LogP contribution in [-0.2, 0) is 4.74 Å². The summed E-state index contributed by atoms with van der Waals surface area (Å²) in [7, 11) is 1.66. The fourth-order valence-electron chi connectivity index (χ4n) is 1.22. The van der Waals surface area contributed by atoms with E-state index in [0.29, 0.717) is 0 Å². The van der Waals surface area contributed by atoms with Crippen molar-refractivity contribution >= 4 is 17.4 Å². The summed E-state index contributed by atoms with van der Waals surface area (Å²) >= 11 is 1.70. The number of anilines is 1. The van der Waals surface area contributed by atoms with E-state index in [2.05, 4.69) is 6.92 Å². The van der Waals surface area contributed by atoms with E-state index in [0.717, 1.165) is 41.7 Å². The van der Waals surface area contributed by atoms with Crippen LogP contribution >= 0.6 is 11.8 Å². The highest BCUT2D eigenvalue weighted by Gasteiger charge is 2.02. The number of hydrogen-bond acceptors (Lipinski definition) is 4. The quantitative estimate of drug-likeness (QED) is 0.453. The second-order valence-corrected chi connectivity index (χ2v) is 4.50. The van der Waals surface area contributed by atoms with Crippen LogP contribution in [0, 0.1) is 0 Å². The molecule has 0 saturated heterocycles. The van der Waals surface area contributed by atoms with Crippen molar-refractivity contribution in [3.63, 3.8) is 0 Å². The summed E-state index contributed by atoms with van der Waals surface area (Å²) in [6.07, 6.45) is 1.06. The van der Waals surface area contributed by atoms with Crippen LogP contribution in [0.4, 0.5) is 5.69 Å². The lowest BCUT2D eigenvalue weighted by Crippen LogP contribution is -1.99. The second kappa shape index (κ2) is 7.41. The molecule has 0 aliphatic rings. The summed E-state index contributed by atoms with van der Waals surface area (Å²) < 4.78 is 10.6. The Morgan fingerprint density at radius 3 is 2.81 bits per heavy atom. The first-order valence-electron chi connectivity index (χ1n) is 5.42. The molecule has 3 nitrogen and oxygen atoms in total. The number of methoxy groups -OCH3 is 1. The van der Waals surface area contributed by atoms with Crippen LogP contribution in [0.5, 0.6) is 5.75 Å². The molecule has 1 aromatic carbocycles. The van der Waals surface area contributed by atoms with Crippen molar-refractivity contribution in [2.45, 2.75) is 18.2 Å². The van der Waals surface area contributed by atoms with Gasteiger partial charge in [0.1, 0.15) is 5.75 Å². The van der Waals surface area contributed by atoms with Gasteiger partial charge in [-0.05, 0) is 24.6 Å². The van der Waals surface area contributed by atoms with E-state index in [1.165, 1.54) is 0 Å². The van der Waals surface area contributed by atoms with Crippen LogP contribution in [0.3, 0.4) is 0 Å². The minimum atomic E-state index is 0.759. The molecule has 0 saturated carbocycles. The molecule has 0 amide bonds. The smallest absolute Gasteiger partial charge is 0.120 e. The molecular weight excluding hydrogens is 222 g/mol. The lowest BCUT2D eigenvalue weighted by molar-refractivity contribution is 0.151. The summed E-state index contributed by atoms with van der Waals surface area (Å²) in [4.78, 5) is 1.06. The Morgan fingerprint density at radius 1 is 1.31 bits per heavy atom. The van der Waals surface area contributed by atoms with Gasteiger partial charge in [-0.25, -0.2) is 0 Å². The van der Waals surface area contributed by atoms with Crippen molar-refractivity contribution < 1.29 is 9.47 Å². The number of nitrogens with two attached hydrogens (primary N) is 1. The van der Waals surface area contributed by atoms with E-state index >= 15 is 0 Å². The molecule has 0 radical (unpaired) electrons. The van der Waals surface area contributed by atoms with Crippen LogP contribution in [0.25, 0.3) is 0 Å². The van der Waals surface area contributed by atoms with E-state index < -0.39 is 0 Å². The summed E-state index contributed by atoms with van der Waals surface area (Å²) in [5.41, 5.74) is 6.66. The standard InChI is InChI=1S/C12H19NO2S/c1-3-6-15-7-8-16-12-9-10(14-2)4-5-11(12)13/h4-5,9H,3,6-8,13H2,1-2H3. The van der Waals surface area contributed by atoms with E-state index in [1.807, 2.05) is 18.2 Å². The largest absolute Gasteiger partial charge is 0.497 e. The van der Waals surface area contributed by atoms with Crippen LogP contribution < -0.4 is 10.5 Å². The third kappa shape index (κ3) is 4.33. The van der Waals surface area contributed by atoms with Crippen molar-refractivity contribution in [3.8, 4) is 5.75 Å². The zero-order chi connectivity index (χ0) is 11.8. The predicted octanol–water partition coefficient (Wildman–Crippen LogP) is 2.80. The molecule has 0 aliphatic carbocycles. The first-order valence-corrected chi connectivity index (χ1v) is 6.40. The maximum absolute atomic E-state index is 5.87. The van der Waals surface area contributed by atoms with Crippen LogP contribution in [0.15, 0.2) is 23.1 Å². The lowest BCUT2D eigenvalue weighted by atomic mass is 10.3. The zero-order valence-corrected chi connectivity index (χ0v) is 10.7. The first-order chi connectivity index (χ1) is 7.77. The van der Waals surface area contributed by atoms with Gasteiger partial charge >= 0.3 is 0 Å². The molecule has 90 valence electrons. The number of ether oxygens (including phenoxy) is 2. The van der Waals surface area contributed by atoms with Gasteiger partial charge in [-0.1, -0.05) is 6.92 Å². The molecule has 0 heterocycles. The fourth-order valence-corrected chi connectivity index (χ4v) is 2.08. The van der Waals surface area contributed by atoms with Gasteiger partial charge < -0.3 is 15.2 Å². The summed E-state index contributed by atoms with van der Waals surface area (Å²) in [5, 5.41) is 0. The number of nitrogen functional groups attached to an aromatic ring is 1. The molecular formula is C12H19NO2S. The minimum absolute atomic E-state index is 0.759. The maximum atomic E-state index is 5.87. The van der Waals surface area contributed by atoms with Gasteiger partial charge in [0, 0.05) is 22.9 Å². The monoisotopic (exact) mass is 241 g/mol. The third-order valence-corrected chi connectivity index (χ3v) is 3.09. The summed E-state index contributed by atoms with van der Waals surface area (Å²) in [6.45, 7) is 3.69. The van der Waals surface area contributed by atoms with Crippen LogP contribution in [-0.4, -0.2) is 26.1 Å². The SMILES string of the molecule is CCCOCCSc1cc(OC)ccc1N. The van der Waals surface area contributed by atoms with Crippen molar-refractivity contribution in [2.24, 2.45) is 0 Å². The molecule has 0 fully saturated rings. The number of rotatable bonds is 7. The van der Waals surface area contributed by atoms with E-state index in [-0.39, 0.29) is 0 Å². The predicted molar refractivity (Wildman–Crippen MR) is 69.2 cm³/mol. The van der Waals surface area contributed by atoms with Gasteiger partial charge in [-0.2, -0.15) is 0 Å². The summed E-state index contributed by atoms with van der Waals surface area (Å²) in [6, 6.07) is 5.70. The molecule has 0 unspecified atom stereocenters. The average Bonchev–Trinajstić information content (AvgIpc) is 2.31. The molecule has 0 spiro atoms. The molecule has 4 heteroatoms. The molecule has 0 aromatic heterocycles. The molecule has 1 aromatic rings. The van der Waals surface area contributed by atoms with E-state index in [4.69, 9.17) is 15.2 Å². The molecule has 0 bridgehead atoms. The van der Waals surface area contributed by atoms with Gasteiger partial charge in [0.05, 0.1) is 13.7 Å². The second-order valence-electron chi connectivity index (χ2n) is 3.36. The number of hydrogen-bond donors (Lipinski definition) is 1. The summed E-state index contributed by atoms with van der Waals surface area (Å²) in [5.74, 6) is 1.75. The highest BCUT2D eigenvalue weighted by molar-refractivity contribution is 7.99. The minimum Gasteiger partial charge on any atom is -0.497 e. The normalized spacial score (nSPS) is 10.4. The van der Waals surface area contributed by atoms with Gasteiger partial charge in [-0.15, -0.1) is 11.8 Å². The Hall–Kier alpha value is -0.870. The van der Waals surface area contributed by atoms with Crippen molar-refractivity contribution in [2.75, 3.05) is 31.8 Å². The Balaban J connectivity index is 2.40. The van der Waals surface area contributed by atoms with Crippen LogP contribution in [0.1, 0.15) is 13.3 Å². The molecule has 0 atom stereocenters.